The first-order chi connectivity index (χ1) is 9.96. The van der Waals surface area contributed by atoms with Gasteiger partial charge in [-0.05, 0) is 59.2 Å². The molecular formula is C17H35N3O. The third-order valence-corrected chi connectivity index (χ3v) is 5.28. The topological polar surface area (TPSA) is 38.7 Å². The van der Waals surface area contributed by atoms with Crippen molar-refractivity contribution >= 4 is 0 Å². The summed E-state index contributed by atoms with van der Waals surface area (Å²) < 4.78 is 0. The van der Waals surface area contributed by atoms with E-state index >= 15 is 0 Å². The van der Waals surface area contributed by atoms with E-state index < -0.39 is 0 Å². The highest BCUT2D eigenvalue weighted by Crippen LogP contribution is 2.33. The molecule has 3 atom stereocenters. The van der Waals surface area contributed by atoms with Gasteiger partial charge in [-0.25, -0.2) is 0 Å². The maximum Gasteiger partial charge on any atom is 0.0613 e. The van der Waals surface area contributed by atoms with Crippen molar-refractivity contribution in [3.63, 3.8) is 0 Å². The molecule has 2 rings (SSSR count). The summed E-state index contributed by atoms with van der Waals surface area (Å²) in [6.45, 7) is 10.6. The van der Waals surface area contributed by atoms with Crippen molar-refractivity contribution in [1.29, 1.82) is 0 Å². The Kier molecular flexibility index (Phi) is 6.06. The quantitative estimate of drug-likeness (QED) is 0.828. The Labute approximate surface area is 130 Å². The maximum atomic E-state index is 9.98. The molecule has 0 amide bonds. The molecular weight excluding hydrogens is 262 g/mol. The largest absolute Gasteiger partial charge is 0.394 e. The Morgan fingerprint density at radius 1 is 1.29 bits per heavy atom. The average Bonchev–Trinajstić information content (AvgIpc) is 2.59. The summed E-state index contributed by atoms with van der Waals surface area (Å²) in [5, 5.41) is 13.6. The van der Waals surface area contributed by atoms with Gasteiger partial charge in [-0.1, -0.05) is 13.8 Å². The lowest BCUT2D eigenvalue weighted by Crippen LogP contribution is -2.59. The molecule has 4 heteroatoms. The standard InChI is InChI=1S/C17H35N3O/c1-14(2)18-17(13-21)8-5-7-16(11-17)20-10-6-9-19(4)12-15(20)3/h14-16,18,21H,5-13H2,1-4H3. The third-order valence-electron chi connectivity index (χ3n) is 5.28. The summed E-state index contributed by atoms with van der Waals surface area (Å²) >= 11 is 0. The number of hydrogen-bond acceptors (Lipinski definition) is 4. The molecule has 0 radical (unpaired) electrons. The van der Waals surface area contributed by atoms with Crippen LogP contribution < -0.4 is 5.32 Å². The Balaban J connectivity index is 2.05. The highest BCUT2D eigenvalue weighted by atomic mass is 16.3. The zero-order valence-corrected chi connectivity index (χ0v) is 14.4. The summed E-state index contributed by atoms with van der Waals surface area (Å²) in [6, 6.07) is 1.68. The van der Waals surface area contributed by atoms with E-state index in [1.165, 1.54) is 38.9 Å². The van der Waals surface area contributed by atoms with Crippen LogP contribution in [-0.4, -0.2) is 71.9 Å². The first-order valence-electron chi connectivity index (χ1n) is 8.78. The van der Waals surface area contributed by atoms with Crippen LogP contribution in [0.25, 0.3) is 0 Å². The van der Waals surface area contributed by atoms with Crippen LogP contribution in [0.3, 0.4) is 0 Å². The molecule has 1 saturated carbocycles. The van der Waals surface area contributed by atoms with Gasteiger partial charge < -0.3 is 15.3 Å². The minimum absolute atomic E-state index is 0.0605. The van der Waals surface area contributed by atoms with Crippen molar-refractivity contribution in [3.05, 3.63) is 0 Å². The van der Waals surface area contributed by atoms with Gasteiger partial charge in [0.1, 0.15) is 0 Å². The van der Waals surface area contributed by atoms with E-state index in [1.807, 2.05) is 0 Å². The van der Waals surface area contributed by atoms with Crippen molar-refractivity contribution in [2.75, 3.05) is 33.3 Å². The molecule has 0 aromatic carbocycles. The predicted octanol–water partition coefficient (Wildman–Crippen LogP) is 1.68. The second kappa shape index (κ2) is 7.40. The number of aliphatic hydroxyl groups excluding tert-OH is 1. The minimum Gasteiger partial charge on any atom is -0.394 e. The Morgan fingerprint density at radius 3 is 2.71 bits per heavy atom. The summed E-state index contributed by atoms with van der Waals surface area (Å²) in [5.41, 5.74) is -0.0605. The van der Waals surface area contributed by atoms with Gasteiger partial charge >= 0.3 is 0 Å². The van der Waals surface area contributed by atoms with Gasteiger partial charge in [-0.3, -0.25) is 4.90 Å². The monoisotopic (exact) mass is 297 g/mol. The van der Waals surface area contributed by atoms with Gasteiger partial charge in [0.25, 0.3) is 0 Å². The molecule has 2 N–H and O–H groups in total. The average molecular weight is 297 g/mol. The van der Waals surface area contributed by atoms with Gasteiger partial charge in [-0.2, -0.15) is 0 Å². The van der Waals surface area contributed by atoms with Gasteiger partial charge in [0, 0.05) is 30.2 Å². The summed E-state index contributed by atoms with van der Waals surface area (Å²) in [6.07, 6.45) is 5.98. The van der Waals surface area contributed by atoms with E-state index in [9.17, 15) is 5.11 Å². The van der Waals surface area contributed by atoms with Crippen LogP contribution in [0.1, 0.15) is 52.9 Å². The van der Waals surface area contributed by atoms with Crippen LogP contribution in [0.5, 0.6) is 0 Å². The van der Waals surface area contributed by atoms with Crippen molar-refractivity contribution in [2.24, 2.45) is 0 Å². The summed E-state index contributed by atoms with van der Waals surface area (Å²) in [4.78, 5) is 5.17. The molecule has 21 heavy (non-hydrogen) atoms. The highest BCUT2D eigenvalue weighted by Gasteiger charge is 2.39. The normalized spacial score (nSPS) is 36.9. The van der Waals surface area contributed by atoms with Gasteiger partial charge in [-0.15, -0.1) is 0 Å². The van der Waals surface area contributed by atoms with Crippen LogP contribution >= 0.6 is 0 Å². The molecule has 1 saturated heterocycles. The molecule has 2 fully saturated rings. The maximum absolute atomic E-state index is 9.98. The smallest absolute Gasteiger partial charge is 0.0613 e. The summed E-state index contributed by atoms with van der Waals surface area (Å²) in [5.74, 6) is 0. The van der Waals surface area contributed by atoms with E-state index in [0.29, 0.717) is 18.1 Å². The summed E-state index contributed by atoms with van der Waals surface area (Å²) in [7, 11) is 2.24. The van der Waals surface area contributed by atoms with E-state index in [0.717, 1.165) is 12.8 Å². The number of nitrogens with one attached hydrogen (secondary N) is 1. The number of nitrogens with zero attached hydrogens (tertiary/aromatic N) is 2. The number of aliphatic hydroxyl groups is 1. The Morgan fingerprint density at radius 2 is 2.05 bits per heavy atom. The molecule has 0 aromatic rings. The Bertz CT molecular complexity index is 323. The fraction of sp³-hybridized carbons (Fsp3) is 1.00. The van der Waals surface area contributed by atoms with Crippen molar-refractivity contribution in [1.82, 2.24) is 15.1 Å². The van der Waals surface area contributed by atoms with Crippen LogP contribution in [-0.2, 0) is 0 Å². The van der Waals surface area contributed by atoms with E-state index in [2.05, 4.69) is 42.9 Å². The fourth-order valence-electron chi connectivity index (χ4n) is 4.48. The molecule has 4 nitrogen and oxygen atoms in total. The zero-order chi connectivity index (χ0) is 15.5. The fourth-order valence-corrected chi connectivity index (χ4v) is 4.48. The third kappa shape index (κ3) is 4.41. The Hall–Kier alpha value is -0.160. The second-order valence-corrected chi connectivity index (χ2v) is 7.69. The lowest BCUT2D eigenvalue weighted by Gasteiger charge is -2.46. The molecule has 0 bridgehead atoms. The molecule has 1 aliphatic carbocycles. The molecule has 3 unspecified atom stereocenters. The highest BCUT2D eigenvalue weighted by molar-refractivity contribution is 4.98. The lowest BCUT2D eigenvalue weighted by atomic mass is 9.78. The second-order valence-electron chi connectivity index (χ2n) is 7.69. The first-order valence-corrected chi connectivity index (χ1v) is 8.78. The van der Waals surface area contributed by atoms with Gasteiger partial charge in [0.15, 0.2) is 0 Å². The molecule has 1 heterocycles. The van der Waals surface area contributed by atoms with Crippen molar-refractivity contribution in [3.8, 4) is 0 Å². The van der Waals surface area contributed by atoms with Crippen molar-refractivity contribution in [2.45, 2.75) is 76.5 Å². The molecule has 2 aliphatic rings. The van der Waals surface area contributed by atoms with Gasteiger partial charge in [0.2, 0.25) is 0 Å². The van der Waals surface area contributed by atoms with Crippen LogP contribution in [0, 0.1) is 0 Å². The van der Waals surface area contributed by atoms with Crippen LogP contribution in [0.2, 0.25) is 0 Å². The minimum atomic E-state index is -0.0605. The van der Waals surface area contributed by atoms with E-state index in [-0.39, 0.29) is 12.1 Å². The SMILES string of the molecule is CC(C)NC1(CO)CCCC(N2CCCN(C)CC2C)C1. The number of rotatable bonds is 4. The number of hydrogen-bond donors (Lipinski definition) is 2. The van der Waals surface area contributed by atoms with E-state index in [1.54, 1.807) is 0 Å². The van der Waals surface area contributed by atoms with Crippen LogP contribution in [0.4, 0.5) is 0 Å². The van der Waals surface area contributed by atoms with E-state index in [4.69, 9.17) is 0 Å². The molecule has 0 aromatic heterocycles. The predicted molar refractivity (Wildman–Crippen MR) is 88.6 cm³/mol. The molecule has 0 spiro atoms. The zero-order valence-electron chi connectivity index (χ0n) is 14.4. The van der Waals surface area contributed by atoms with Gasteiger partial charge in [0.05, 0.1) is 6.61 Å². The molecule has 124 valence electrons. The molecule has 1 aliphatic heterocycles. The number of likely N-dealkylation sites (N-methyl/N-ethyl adjacent to an activating group) is 1. The first kappa shape index (κ1) is 17.2. The van der Waals surface area contributed by atoms with Crippen molar-refractivity contribution < 1.29 is 5.11 Å². The van der Waals surface area contributed by atoms with Crippen LogP contribution in [0.15, 0.2) is 0 Å². The lowest BCUT2D eigenvalue weighted by molar-refractivity contribution is 0.0391.